The summed E-state index contributed by atoms with van der Waals surface area (Å²) in [4.78, 5) is 35.3. The van der Waals surface area contributed by atoms with Gasteiger partial charge in [0.2, 0.25) is 5.91 Å². The van der Waals surface area contributed by atoms with Crippen LogP contribution >= 0.6 is 11.8 Å². The monoisotopic (exact) mass is 622 g/mol. The van der Waals surface area contributed by atoms with Gasteiger partial charge in [0.15, 0.2) is 11.0 Å². The smallest absolute Gasteiger partial charge is 0.406 e. The lowest BCUT2D eigenvalue weighted by molar-refractivity contribution is -0.274. The maximum atomic E-state index is 12.7. The quantitative estimate of drug-likeness (QED) is 0.215. The normalized spacial score (nSPS) is 14.3. The number of ether oxygens (including phenoxy) is 1. The van der Waals surface area contributed by atoms with Gasteiger partial charge < -0.3 is 10.1 Å². The van der Waals surface area contributed by atoms with Crippen LogP contribution in [-0.2, 0) is 17.6 Å². The molecule has 9 nitrogen and oxygen atoms in total. The number of nitrogens with zero attached hydrogens (tertiary/aromatic N) is 5. The van der Waals surface area contributed by atoms with Gasteiger partial charge in [-0.25, -0.2) is 14.5 Å². The first-order valence-corrected chi connectivity index (χ1v) is 14.9. The summed E-state index contributed by atoms with van der Waals surface area (Å²) < 4.78 is 42.5. The lowest BCUT2D eigenvalue weighted by atomic mass is 10.0. The van der Waals surface area contributed by atoms with E-state index in [1.807, 2.05) is 56.3 Å². The van der Waals surface area contributed by atoms with E-state index in [9.17, 15) is 22.8 Å². The molecule has 1 fully saturated rings. The number of carbonyl (C=O) groups is 2. The summed E-state index contributed by atoms with van der Waals surface area (Å²) in [5, 5.41) is 7.62. The molecule has 5 rings (SSSR count). The lowest BCUT2D eigenvalue weighted by Gasteiger charge is -2.21. The number of rotatable bonds is 9. The predicted octanol–water partition coefficient (Wildman–Crippen LogP) is 6.48. The van der Waals surface area contributed by atoms with Gasteiger partial charge in [-0.2, -0.15) is 4.99 Å². The van der Waals surface area contributed by atoms with Gasteiger partial charge in [0.05, 0.1) is 17.1 Å². The molecule has 44 heavy (non-hydrogen) atoms. The number of urea groups is 1. The summed E-state index contributed by atoms with van der Waals surface area (Å²) in [5.41, 5.74) is 5.16. The largest absolute Gasteiger partial charge is 0.573 e. The van der Waals surface area contributed by atoms with Crippen LogP contribution in [-0.4, -0.2) is 50.5 Å². The highest BCUT2D eigenvalue weighted by atomic mass is 32.2. The highest BCUT2D eigenvalue weighted by Crippen LogP contribution is 2.33. The number of para-hydroxylation sites is 1. The first-order chi connectivity index (χ1) is 21.1. The predicted molar refractivity (Wildman–Crippen MR) is 163 cm³/mol. The molecule has 1 aromatic heterocycles. The standard InChI is InChI=1S/C31H29F3N6O3S/c1-3-22-8-4-6-20(2)27(22)40-26(41)18-44-30(40)37-29(42)35-17-5-7-21-9-11-23(12-10-21)28-36-19-39(38-28)24-13-15-25(16-14-24)43-31(32,33)34/h4,6,8-16,19H,3,5,7,17-18H2,1-2H3,(H,35,42). The average molecular weight is 623 g/mol. The Bertz CT molecular complexity index is 1670. The summed E-state index contributed by atoms with van der Waals surface area (Å²) in [7, 11) is 0. The minimum Gasteiger partial charge on any atom is -0.406 e. The molecule has 1 N–H and O–H groups in total. The van der Waals surface area contributed by atoms with Gasteiger partial charge in [-0.1, -0.05) is 61.2 Å². The van der Waals surface area contributed by atoms with Gasteiger partial charge in [-0.05, 0) is 67.1 Å². The number of alkyl halides is 3. The molecule has 4 aromatic rings. The van der Waals surface area contributed by atoms with Crippen molar-refractivity contribution >= 4 is 34.6 Å². The molecule has 0 saturated carbocycles. The molecule has 1 aliphatic rings. The van der Waals surface area contributed by atoms with E-state index in [0.717, 1.165) is 34.4 Å². The highest BCUT2D eigenvalue weighted by Gasteiger charge is 2.33. The minimum absolute atomic E-state index is 0.0930. The summed E-state index contributed by atoms with van der Waals surface area (Å²) in [5.74, 6) is 0.297. The van der Waals surface area contributed by atoms with Crippen LogP contribution in [0.2, 0.25) is 0 Å². The molecule has 0 spiro atoms. The number of amidine groups is 1. The van der Waals surface area contributed by atoms with Crippen molar-refractivity contribution in [3.63, 3.8) is 0 Å². The maximum Gasteiger partial charge on any atom is 0.573 e. The van der Waals surface area contributed by atoms with Gasteiger partial charge >= 0.3 is 12.4 Å². The maximum absolute atomic E-state index is 12.7. The van der Waals surface area contributed by atoms with Crippen molar-refractivity contribution in [3.05, 3.63) is 89.7 Å². The lowest BCUT2D eigenvalue weighted by Crippen LogP contribution is -2.32. The van der Waals surface area contributed by atoms with E-state index in [2.05, 4.69) is 25.1 Å². The second-order valence-electron chi connectivity index (χ2n) is 9.94. The molecule has 13 heteroatoms. The van der Waals surface area contributed by atoms with E-state index >= 15 is 0 Å². The number of aryl methyl sites for hydroxylation is 3. The summed E-state index contributed by atoms with van der Waals surface area (Å²) in [6, 6.07) is 18.4. The van der Waals surface area contributed by atoms with Gasteiger partial charge in [-0.3, -0.25) is 9.69 Å². The number of benzene rings is 3. The van der Waals surface area contributed by atoms with Crippen molar-refractivity contribution in [1.29, 1.82) is 0 Å². The first kappa shape index (κ1) is 30.8. The Kier molecular flexibility index (Phi) is 9.33. The Morgan fingerprint density at radius 1 is 1.09 bits per heavy atom. The van der Waals surface area contributed by atoms with E-state index in [1.54, 1.807) is 4.90 Å². The van der Waals surface area contributed by atoms with Gasteiger partial charge in [0, 0.05) is 12.1 Å². The third-order valence-corrected chi connectivity index (χ3v) is 7.77. The fourth-order valence-corrected chi connectivity index (χ4v) is 5.60. The van der Waals surface area contributed by atoms with Gasteiger partial charge in [0.1, 0.15) is 12.1 Å². The van der Waals surface area contributed by atoms with Crippen molar-refractivity contribution in [3.8, 4) is 22.8 Å². The van der Waals surface area contributed by atoms with Crippen LogP contribution in [0.5, 0.6) is 5.75 Å². The van der Waals surface area contributed by atoms with E-state index < -0.39 is 12.4 Å². The number of hydrogen-bond acceptors (Lipinski definition) is 6. The third kappa shape index (κ3) is 7.46. The van der Waals surface area contributed by atoms with Crippen molar-refractivity contribution in [2.45, 2.75) is 39.5 Å². The molecule has 0 bridgehead atoms. The number of aromatic nitrogens is 3. The Balaban J connectivity index is 1.13. The molecule has 3 amide bonds. The zero-order valence-corrected chi connectivity index (χ0v) is 24.8. The Morgan fingerprint density at radius 2 is 1.84 bits per heavy atom. The topological polar surface area (TPSA) is 102 Å². The van der Waals surface area contributed by atoms with E-state index in [0.29, 0.717) is 36.1 Å². The fraction of sp³-hybridized carbons (Fsp3) is 0.258. The number of halogens is 3. The molecule has 1 aliphatic heterocycles. The Labute approximate surface area is 256 Å². The van der Waals surface area contributed by atoms with Crippen LogP contribution in [0.25, 0.3) is 17.1 Å². The van der Waals surface area contributed by atoms with Gasteiger partial charge in [0.25, 0.3) is 0 Å². The molecule has 0 atom stereocenters. The number of nitrogens with one attached hydrogen (secondary N) is 1. The third-order valence-electron chi connectivity index (χ3n) is 6.85. The van der Waals surface area contributed by atoms with E-state index in [-0.39, 0.29) is 17.4 Å². The molecular formula is C31H29F3N6O3S. The summed E-state index contributed by atoms with van der Waals surface area (Å²) in [6.07, 6.45) is -1.11. The second kappa shape index (κ2) is 13.3. The molecular weight excluding hydrogens is 593 g/mol. The second-order valence-corrected chi connectivity index (χ2v) is 10.9. The van der Waals surface area contributed by atoms with Crippen molar-refractivity contribution in [2.75, 3.05) is 17.2 Å². The first-order valence-electron chi connectivity index (χ1n) is 13.9. The van der Waals surface area contributed by atoms with Crippen molar-refractivity contribution in [2.24, 2.45) is 4.99 Å². The number of hydrogen-bond donors (Lipinski definition) is 1. The molecule has 0 radical (unpaired) electrons. The van der Waals surface area contributed by atoms with Crippen LogP contribution < -0.4 is 15.0 Å². The molecule has 0 unspecified atom stereocenters. The number of carbonyl (C=O) groups excluding carboxylic acids is 2. The molecule has 228 valence electrons. The van der Waals surface area contributed by atoms with Crippen molar-refractivity contribution in [1.82, 2.24) is 20.1 Å². The number of aliphatic imine (C=N–C) groups is 1. The number of amides is 3. The molecule has 0 aliphatic carbocycles. The molecule has 1 saturated heterocycles. The number of thioether (sulfide) groups is 1. The Hall–Kier alpha value is -4.65. The van der Waals surface area contributed by atoms with Crippen LogP contribution in [0.1, 0.15) is 30.0 Å². The zero-order chi connectivity index (χ0) is 31.3. The zero-order valence-electron chi connectivity index (χ0n) is 24.0. The van der Waals surface area contributed by atoms with Crippen LogP contribution in [0, 0.1) is 6.92 Å². The highest BCUT2D eigenvalue weighted by molar-refractivity contribution is 8.15. The van der Waals surface area contributed by atoms with E-state index in [1.165, 1.54) is 47.0 Å². The fourth-order valence-electron chi connectivity index (χ4n) is 4.74. The average Bonchev–Trinajstić information content (AvgIpc) is 3.62. The van der Waals surface area contributed by atoms with Gasteiger partial charge in [-0.15, -0.1) is 18.3 Å². The van der Waals surface area contributed by atoms with Crippen LogP contribution in [0.3, 0.4) is 0 Å². The van der Waals surface area contributed by atoms with Crippen LogP contribution in [0.4, 0.5) is 23.7 Å². The summed E-state index contributed by atoms with van der Waals surface area (Å²) in [6.45, 7) is 4.39. The molecule has 2 heterocycles. The summed E-state index contributed by atoms with van der Waals surface area (Å²) >= 11 is 1.26. The minimum atomic E-state index is -4.75. The van der Waals surface area contributed by atoms with Crippen molar-refractivity contribution < 1.29 is 27.5 Å². The van der Waals surface area contributed by atoms with E-state index in [4.69, 9.17) is 0 Å². The SMILES string of the molecule is CCc1cccc(C)c1N1C(=O)CSC1=NC(=O)NCCCc1ccc(-c2ncn(-c3ccc(OC(F)(F)F)cc3)n2)cc1. The number of anilines is 1. The molecule has 3 aromatic carbocycles. The Morgan fingerprint density at radius 3 is 2.55 bits per heavy atom. The van der Waals surface area contributed by atoms with Crippen LogP contribution in [0.15, 0.2) is 78.0 Å².